The first-order chi connectivity index (χ1) is 11.3. The van der Waals surface area contributed by atoms with E-state index >= 15 is 0 Å². The normalized spacial score (nSPS) is 14.4. The van der Waals surface area contributed by atoms with Crippen LogP contribution in [0.5, 0.6) is 0 Å². The lowest BCUT2D eigenvalue weighted by molar-refractivity contribution is 0.667. The van der Waals surface area contributed by atoms with Crippen molar-refractivity contribution in [3.63, 3.8) is 0 Å². The van der Waals surface area contributed by atoms with Gasteiger partial charge in [0.1, 0.15) is 5.82 Å². The number of aromatic nitrogens is 2. The van der Waals surface area contributed by atoms with Crippen LogP contribution in [0.2, 0.25) is 0 Å². The maximum Gasteiger partial charge on any atom is 0.185 e. The Hall–Kier alpha value is -1.66. The number of rotatable bonds is 8. The summed E-state index contributed by atoms with van der Waals surface area (Å²) in [4.78, 5) is 12.6. The van der Waals surface area contributed by atoms with Gasteiger partial charge in [-0.1, -0.05) is 6.07 Å². The Morgan fingerprint density at radius 2 is 2.00 bits per heavy atom. The van der Waals surface area contributed by atoms with Crippen LogP contribution in [0.15, 0.2) is 24.5 Å². The number of anilines is 2. The van der Waals surface area contributed by atoms with Crippen LogP contribution in [0.4, 0.5) is 10.9 Å². The summed E-state index contributed by atoms with van der Waals surface area (Å²) in [6.07, 6.45) is 7.58. The van der Waals surface area contributed by atoms with Gasteiger partial charge in [-0.05, 0) is 44.4 Å². The summed E-state index contributed by atoms with van der Waals surface area (Å²) in [5.74, 6) is 0.952. The SMILES string of the molecule is Cc1ccc(NCCCNCc2cnc(N3CCCC3)s2)nc1. The number of hydrogen-bond donors (Lipinski definition) is 2. The highest BCUT2D eigenvalue weighted by molar-refractivity contribution is 7.15. The van der Waals surface area contributed by atoms with E-state index in [1.807, 2.05) is 29.8 Å². The molecule has 0 amide bonds. The lowest BCUT2D eigenvalue weighted by Gasteiger charge is -2.12. The molecule has 3 heterocycles. The van der Waals surface area contributed by atoms with Crippen molar-refractivity contribution in [1.29, 1.82) is 0 Å². The van der Waals surface area contributed by atoms with Crippen molar-refractivity contribution in [2.24, 2.45) is 0 Å². The van der Waals surface area contributed by atoms with Crippen LogP contribution >= 0.6 is 11.3 Å². The Labute approximate surface area is 142 Å². The van der Waals surface area contributed by atoms with Crippen molar-refractivity contribution in [2.75, 3.05) is 36.4 Å². The summed E-state index contributed by atoms with van der Waals surface area (Å²) in [5, 5.41) is 8.02. The first-order valence-corrected chi connectivity index (χ1v) is 9.20. The Bertz CT molecular complexity index is 589. The van der Waals surface area contributed by atoms with Crippen molar-refractivity contribution >= 4 is 22.3 Å². The summed E-state index contributed by atoms with van der Waals surface area (Å²) in [6, 6.07) is 4.11. The molecule has 1 aliphatic rings. The van der Waals surface area contributed by atoms with Crippen LogP contribution in [0.3, 0.4) is 0 Å². The first-order valence-electron chi connectivity index (χ1n) is 8.38. The van der Waals surface area contributed by atoms with E-state index in [2.05, 4.69) is 38.5 Å². The van der Waals surface area contributed by atoms with Gasteiger partial charge in [-0.3, -0.25) is 0 Å². The molecule has 0 aliphatic carbocycles. The van der Waals surface area contributed by atoms with Gasteiger partial charge in [0.2, 0.25) is 0 Å². The molecule has 6 heteroatoms. The summed E-state index contributed by atoms with van der Waals surface area (Å²) >= 11 is 1.82. The summed E-state index contributed by atoms with van der Waals surface area (Å²) in [6.45, 7) is 7.22. The number of aryl methyl sites for hydroxylation is 1. The first kappa shape index (κ1) is 16.2. The van der Waals surface area contributed by atoms with Crippen LogP contribution < -0.4 is 15.5 Å². The number of thiazole rings is 1. The minimum absolute atomic E-state index is 0.911. The quantitative estimate of drug-likeness (QED) is 0.728. The molecule has 2 aromatic heterocycles. The van der Waals surface area contributed by atoms with Gasteiger partial charge in [-0.15, -0.1) is 11.3 Å². The van der Waals surface area contributed by atoms with E-state index in [4.69, 9.17) is 0 Å². The van der Waals surface area contributed by atoms with Crippen LogP contribution in [0, 0.1) is 6.92 Å². The van der Waals surface area contributed by atoms with E-state index in [0.29, 0.717) is 0 Å². The van der Waals surface area contributed by atoms with Gasteiger partial charge in [0.15, 0.2) is 5.13 Å². The Morgan fingerprint density at radius 1 is 1.13 bits per heavy atom. The zero-order chi connectivity index (χ0) is 15.9. The summed E-state index contributed by atoms with van der Waals surface area (Å²) < 4.78 is 0. The molecule has 0 bridgehead atoms. The second-order valence-electron chi connectivity index (χ2n) is 5.98. The van der Waals surface area contributed by atoms with Crippen LogP contribution in [0.25, 0.3) is 0 Å². The minimum Gasteiger partial charge on any atom is -0.370 e. The molecule has 3 rings (SSSR count). The van der Waals surface area contributed by atoms with Gasteiger partial charge in [0.25, 0.3) is 0 Å². The largest absolute Gasteiger partial charge is 0.370 e. The molecule has 1 aliphatic heterocycles. The van der Waals surface area contributed by atoms with Crippen molar-refractivity contribution < 1.29 is 0 Å². The predicted molar refractivity (Wildman–Crippen MR) is 97.3 cm³/mol. The van der Waals surface area contributed by atoms with Crippen LogP contribution in [0.1, 0.15) is 29.7 Å². The molecular formula is C17H25N5S. The molecule has 124 valence electrons. The third-order valence-corrected chi connectivity index (χ3v) is 5.02. The predicted octanol–water partition coefficient (Wildman–Crippen LogP) is 3.04. The molecule has 1 fully saturated rings. The fraction of sp³-hybridized carbons (Fsp3) is 0.529. The average Bonchev–Trinajstić information content (AvgIpc) is 3.23. The monoisotopic (exact) mass is 331 g/mol. The van der Waals surface area contributed by atoms with Crippen LogP contribution in [-0.2, 0) is 6.54 Å². The van der Waals surface area contributed by atoms with E-state index in [1.165, 1.54) is 41.5 Å². The van der Waals surface area contributed by atoms with Gasteiger partial charge in [0, 0.05) is 43.4 Å². The molecule has 2 N–H and O–H groups in total. The highest BCUT2D eigenvalue weighted by atomic mass is 32.1. The van der Waals surface area contributed by atoms with Gasteiger partial charge in [0.05, 0.1) is 0 Å². The number of pyridine rings is 1. The van der Waals surface area contributed by atoms with Crippen molar-refractivity contribution in [3.05, 3.63) is 35.0 Å². The number of hydrogen-bond acceptors (Lipinski definition) is 6. The molecular weight excluding hydrogens is 306 g/mol. The minimum atomic E-state index is 0.911. The molecule has 0 spiro atoms. The molecule has 2 aromatic rings. The molecule has 5 nitrogen and oxygen atoms in total. The third kappa shape index (κ3) is 4.91. The Morgan fingerprint density at radius 3 is 2.78 bits per heavy atom. The second kappa shape index (κ2) is 8.26. The number of nitrogens with zero attached hydrogens (tertiary/aromatic N) is 3. The topological polar surface area (TPSA) is 53.1 Å². The lowest BCUT2D eigenvalue weighted by Crippen LogP contribution is -2.17. The van der Waals surface area contributed by atoms with E-state index in [1.54, 1.807) is 0 Å². The maximum absolute atomic E-state index is 4.54. The van der Waals surface area contributed by atoms with Crippen molar-refractivity contribution in [2.45, 2.75) is 32.7 Å². The highest BCUT2D eigenvalue weighted by Crippen LogP contribution is 2.25. The Kier molecular flexibility index (Phi) is 5.82. The van der Waals surface area contributed by atoms with E-state index in [-0.39, 0.29) is 0 Å². The average molecular weight is 331 g/mol. The second-order valence-corrected chi connectivity index (χ2v) is 7.07. The Balaban J connectivity index is 1.30. The van der Waals surface area contributed by atoms with E-state index in [9.17, 15) is 0 Å². The fourth-order valence-electron chi connectivity index (χ4n) is 2.65. The molecule has 0 unspecified atom stereocenters. The maximum atomic E-state index is 4.54. The van der Waals surface area contributed by atoms with Gasteiger partial charge in [-0.25, -0.2) is 9.97 Å². The molecule has 0 aromatic carbocycles. The van der Waals surface area contributed by atoms with Crippen molar-refractivity contribution in [3.8, 4) is 0 Å². The standard InChI is InChI=1S/C17H25N5S/c1-14-5-6-16(20-11-14)19-8-4-7-18-12-15-13-21-17(23-15)22-9-2-3-10-22/h5-6,11,13,18H,2-4,7-10,12H2,1H3,(H,19,20). The summed E-state index contributed by atoms with van der Waals surface area (Å²) in [7, 11) is 0. The van der Waals surface area contributed by atoms with Gasteiger partial charge >= 0.3 is 0 Å². The smallest absolute Gasteiger partial charge is 0.185 e. The lowest BCUT2D eigenvalue weighted by atomic mass is 10.3. The fourth-order valence-corrected chi connectivity index (χ4v) is 3.58. The molecule has 23 heavy (non-hydrogen) atoms. The third-order valence-electron chi connectivity index (χ3n) is 3.96. The van der Waals surface area contributed by atoms with Gasteiger partial charge in [-0.2, -0.15) is 0 Å². The number of nitrogens with one attached hydrogen (secondary N) is 2. The zero-order valence-electron chi connectivity index (χ0n) is 13.7. The zero-order valence-corrected chi connectivity index (χ0v) is 14.5. The highest BCUT2D eigenvalue weighted by Gasteiger charge is 2.15. The van der Waals surface area contributed by atoms with Crippen LogP contribution in [-0.4, -0.2) is 36.1 Å². The van der Waals surface area contributed by atoms with Gasteiger partial charge < -0.3 is 15.5 Å². The summed E-state index contributed by atoms with van der Waals surface area (Å²) in [5.41, 5.74) is 1.19. The van der Waals surface area contributed by atoms with E-state index < -0.39 is 0 Å². The molecule has 0 saturated carbocycles. The van der Waals surface area contributed by atoms with E-state index in [0.717, 1.165) is 31.9 Å². The molecule has 0 atom stereocenters. The van der Waals surface area contributed by atoms with Crippen molar-refractivity contribution in [1.82, 2.24) is 15.3 Å². The molecule has 0 radical (unpaired) electrons. The molecule has 1 saturated heterocycles.